The van der Waals surface area contributed by atoms with Crippen LogP contribution in [0.1, 0.15) is 18.9 Å². The summed E-state index contributed by atoms with van der Waals surface area (Å²) >= 11 is 0. The lowest BCUT2D eigenvalue weighted by molar-refractivity contribution is -0.141. The van der Waals surface area contributed by atoms with Gasteiger partial charge in [0, 0.05) is 12.8 Å². The summed E-state index contributed by atoms with van der Waals surface area (Å²) in [6.07, 6.45) is 0.598. The summed E-state index contributed by atoms with van der Waals surface area (Å²) in [6.45, 7) is 1.69. The molecule has 86 valence electrons. The molecule has 0 saturated heterocycles. The van der Waals surface area contributed by atoms with E-state index in [0.29, 0.717) is 12.8 Å². The monoisotopic (exact) mass is 221 g/mol. The lowest BCUT2D eigenvalue weighted by Crippen LogP contribution is -2.42. The molecular formula is C12H15NO3. The quantitative estimate of drug-likeness (QED) is 0.785. The van der Waals surface area contributed by atoms with Crippen LogP contribution in [-0.2, 0) is 16.0 Å². The van der Waals surface area contributed by atoms with Crippen LogP contribution < -0.4 is 5.32 Å². The Morgan fingerprint density at radius 3 is 2.44 bits per heavy atom. The van der Waals surface area contributed by atoms with E-state index in [4.69, 9.17) is 5.11 Å². The lowest BCUT2D eigenvalue weighted by Gasteiger charge is -2.13. The molecule has 0 radical (unpaired) electrons. The third-order valence-electron chi connectivity index (χ3n) is 2.24. The first-order valence-corrected chi connectivity index (χ1v) is 5.19. The smallest absolute Gasteiger partial charge is 0.326 e. The number of benzene rings is 1. The number of amides is 1. The average Bonchev–Trinajstić information content (AvgIpc) is 2.29. The Kier molecular flexibility index (Phi) is 4.51. The molecule has 1 aromatic carbocycles. The molecular weight excluding hydrogens is 206 g/mol. The molecule has 4 nitrogen and oxygen atoms in total. The highest BCUT2D eigenvalue weighted by molar-refractivity contribution is 5.83. The number of nitrogens with one attached hydrogen (secondary N) is 1. The number of carboxylic acid groups (broad SMARTS) is 1. The van der Waals surface area contributed by atoms with Gasteiger partial charge in [0.25, 0.3) is 0 Å². The Balaban J connectivity index is 2.65. The van der Waals surface area contributed by atoms with E-state index in [2.05, 4.69) is 5.32 Å². The lowest BCUT2D eigenvalue weighted by atomic mass is 10.1. The zero-order valence-corrected chi connectivity index (χ0v) is 9.14. The second kappa shape index (κ2) is 5.90. The Morgan fingerprint density at radius 1 is 1.31 bits per heavy atom. The van der Waals surface area contributed by atoms with Gasteiger partial charge in [0.1, 0.15) is 6.04 Å². The molecule has 1 aromatic rings. The maximum atomic E-state index is 11.1. The van der Waals surface area contributed by atoms with E-state index in [-0.39, 0.29) is 5.91 Å². The van der Waals surface area contributed by atoms with Gasteiger partial charge in [-0.15, -0.1) is 0 Å². The Labute approximate surface area is 94.3 Å². The predicted octanol–water partition coefficient (Wildman–Crippen LogP) is 1.21. The van der Waals surface area contributed by atoms with Crippen LogP contribution in [0.4, 0.5) is 0 Å². The molecule has 0 aromatic heterocycles. The van der Waals surface area contributed by atoms with Crippen LogP contribution in [0, 0.1) is 0 Å². The van der Waals surface area contributed by atoms with Crippen molar-refractivity contribution in [3.8, 4) is 0 Å². The van der Waals surface area contributed by atoms with Crippen molar-refractivity contribution in [2.75, 3.05) is 0 Å². The maximum Gasteiger partial charge on any atom is 0.326 e. The van der Waals surface area contributed by atoms with Crippen molar-refractivity contribution in [1.29, 1.82) is 0 Å². The summed E-state index contributed by atoms with van der Waals surface area (Å²) in [4.78, 5) is 22.1. The Morgan fingerprint density at radius 2 is 1.94 bits per heavy atom. The van der Waals surface area contributed by atoms with Crippen LogP contribution >= 0.6 is 0 Å². The first-order valence-electron chi connectivity index (χ1n) is 5.19. The van der Waals surface area contributed by atoms with Gasteiger partial charge in [-0.3, -0.25) is 4.79 Å². The normalized spacial score (nSPS) is 11.8. The zero-order valence-electron chi connectivity index (χ0n) is 9.14. The largest absolute Gasteiger partial charge is 0.480 e. The van der Waals surface area contributed by atoms with E-state index in [0.717, 1.165) is 5.56 Å². The van der Waals surface area contributed by atoms with Gasteiger partial charge >= 0.3 is 5.97 Å². The zero-order chi connectivity index (χ0) is 12.0. The molecule has 0 saturated carbocycles. The fourth-order valence-corrected chi connectivity index (χ4v) is 1.35. The molecule has 16 heavy (non-hydrogen) atoms. The molecule has 4 heteroatoms. The van der Waals surface area contributed by atoms with Crippen LogP contribution in [-0.4, -0.2) is 23.0 Å². The van der Waals surface area contributed by atoms with Crippen molar-refractivity contribution in [2.45, 2.75) is 25.8 Å². The van der Waals surface area contributed by atoms with Crippen LogP contribution in [0.2, 0.25) is 0 Å². The topological polar surface area (TPSA) is 66.4 Å². The van der Waals surface area contributed by atoms with Crippen molar-refractivity contribution in [3.63, 3.8) is 0 Å². The molecule has 0 bridgehead atoms. The van der Waals surface area contributed by atoms with Gasteiger partial charge in [-0.25, -0.2) is 4.79 Å². The minimum absolute atomic E-state index is 0.247. The number of hydrogen-bond donors (Lipinski definition) is 2. The number of carbonyl (C=O) groups excluding carboxylic acids is 1. The highest BCUT2D eigenvalue weighted by Crippen LogP contribution is 2.03. The minimum Gasteiger partial charge on any atom is -0.480 e. The second-order valence-electron chi connectivity index (χ2n) is 3.50. The van der Waals surface area contributed by atoms with E-state index < -0.39 is 12.0 Å². The highest BCUT2D eigenvalue weighted by atomic mass is 16.4. The van der Waals surface area contributed by atoms with Gasteiger partial charge in [-0.2, -0.15) is 0 Å². The van der Waals surface area contributed by atoms with Crippen LogP contribution in [0.25, 0.3) is 0 Å². The third kappa shape index (κ3) is 3.73. The van der Waals surface area contributed by atoms with Gasteiger partial charge in [-0.05, 0) is 5.56 Å². The standard InChI is InChI=1S/C12H15NO3/c1-2-11(14)13-10(12(15)16)8-9-6-4-3-5-7-9/h3-7,10H,2,8H2,1H3,(H,13,14)(H,15,16). The fraction of sp³-hybridized carbons (Fsp3) is 0.333. The number of carboxylic acids is 1. The molecule has 0 aliphatic rings. The predicted molar refractivity (Wildman–Crippen MR) is 60.0 cm³/mol. The maximum absolute atomic E-state index is 11.1. The van der Waals surface area contributed by atoms with Crippen molar-refractivity contribution >= 4 is 11.9 Å². The van der Waals surface area contributed by atoms with Gasteiger partial charge < -0.3 is 10.4 Å². The second-order valence-corrected chi connectivity index (χ2v) is 3.50. The molecule has 0 fully saturated rings. The van der Waals surface area contributed by atoms with Crippen molar-refractivity contribution in [1.82, 2.24) is 5.32 Å². The summed E-state index contributed by atoms with van der Waals surface area (Å²) in [5, 5.41) is 11.4. The number of aliphatic carboxylic acids is 1. The van der Waals surface area contributed by atoms with Crippen LogP contribution in [0.15, 0.2) is 30.3 Å². The van der Waals surface area contributed by atoms with Crippen LogP contribution in [0.3, 0.4) is 0 Å². The summed E-state index contributed by atoms with van der Waals surface area (Å²) in [5.41, 5.74) is 0.895. The van der Waals surface area contributed by atoms with E-state index >= 15 is 0 Å². The average molecular weight is 221 g/mol. The van der Waals surface area contributed by atoms with Gasteiger partial charge in [0.15, 0.2) is 0 Å². The summed E-state index contributed by atoms with van der Waals surface area (Å²) < 4.78 is 0. The molecule has 1 amide bonds. The van der Waals surface area contributed by atoms with E-state index in [1.54, 1.807) is 6.92 Å². The van der Waals surface area contributed by atoms with Crippen LogP contribution in [0.5, 0.6) is 0 Å². The molecule has 0 spiro atoms. The Hall–Kier alpha value is -1.84. The van der Waals surface area contributed by atoms with Crippen molar-refractivity contribution in [2.24, 2.45) is 0 Å². The number of rotatable bonds is 5. The van der Waals surface area contributed by atoms with Gasteiger partial charge in [-0.1, -0.05) is 37.3 Å². The summed E-state index contributed by atoms with van der Waals surface area (Å²) in [6, 6.07) is 8.38. The van der Waals surface area contributed by atoms with E-state index in [1.165, 1.54) is 0 Å². The third-order valence-corrected chi connectivity index (χ3v) is 2.24. The van der Waals surface area contributed by atoms with Gasteiger partial charge in [0.2, 0.25) is 5.91 Å². The molecule has 2 N–H and O–H groups in total. The molecule has 1 unspecified atom stereocenters. The first-order chi connectivity index (χ1) is 7.63. The minimum atomic E-state index is -1.01. The van der Waals surface area contributed by atoms with E-state index in [9.17, 15) is 9.59 Å². The SMILES string of the molecule is CCC(=O)NC(Cc1ccccc1)C(=O)O. The number of hydrogen-bond acceptors (Lipinski definition) is 2. The molecule has 1 atom stereocenters. The van der Waals surface area contributed by atoms with Crippen molar-refractivity contribution in [3.05, 3.63) is 35.9 Å². The van der Waals surface area contributed by atoms with Gasteiger partial charge in [0.05, 0.1) is 0 Å². The first kappa shape index (κ1) is 12.2. The fourth-order valence-electron chi connectivity index (χ4n) is 1.35. The summed E-state index contributed by atoms with van der Waals surface area (Å²) in [5.74, 6) is -1.26. The molecule has 0 heterocycles. The van der Waals surface area contributed by atoms with E-state index in [1.807, 2.05) is 30.3 Å². The number of carbonyl (C=O) groups is 2. The molecule has 0 aliphatic heterocycles. The molecule has 1 rings (SSSR count). The highest BCUT2D eigenvalue weighted by Gasteiger charge is 2.19. The molecule has 0 aliphatic carbocycles. The Bertz CT molecular complexity index is 362. The van der Waals surface area contributed by atoms with Crippen molar-refractivity contribution < 1.29 is 14.7 Å². The summed E-state index contributed by atoms with van der Waals surface area (Å²) in [7, 11) is 0.